The van der Waals surface area contributed by atoms with Gasteiger partial charge in [-0.3, -0.25) is 14.4 Å². The summed E-state index contributed by atoms with van der Waals surface area (Å²) >= 11 is 0.983. The second kappa shape index (κ2) is 9.61. The highest BCUT2D eigenvalue weighted by Crippen LogP contribution is 2.32. The maximum absolute atomic E-state index is 12.7. The van der Waals surface area contributed by atoms with E-state index in [0.717, 1.165) is 11.3 Å². The van der Waals surface area contributed by atoms with E-state index in [1.165, 1.54) is 0 Å². The molecule has 0 aliphatic carbocycles. The van der Waals surface area contributed by atoms with E-state index in [-0.39, 0.29) is 23.0 Å². The van der Waals surface area contributed by atoms with Gasteiger partial charge in [0.05, 0.1) is 30.0 Å². The molecule has 1 aromatic heterocycles. The molecule has 4 rings (SSSR count). The normalized spacial score (nSPS) is 15.0. The van der Waals surface area contributed by atoms with E-state index < -0.39 is 29.7 Å². The molecule has 33 heavy (non-hydrogen) atoms. The van der Waals surface area contributed by atoms with Gasteiger partial charge in [0.15, 0.2) is 5.13 Å². The van der Waals surface area contributed by atoms with Crippen molar-refractivity contribution in [2.24, 2.45) is 0 Å². The first-order valence-corrected chi connectivity index (χ1v) is 11.0. The Morgan fingerprint density at radius 2 is 1.82 bits per heavy atom. The molecule has 1 aliphatic rings. The molecule has 0 bridgehead atoms. The number of thiazole rings is 1. The van der Waals surface area contributed by atoms with Crippen molar-refractivity contribution in [2.45, 2.75) is 19.4 Å². The first kappa shape index (κ1) is 22.2. The molecule has 3 aromatic rings. The number of rotatable bonds is 6. The van der Waals surface area contributed by atoms with Gasteiger partial charge in [-0.2, -0.15) is 0 Å². The van der Waals surface area contributed by atoms with Crippen molar-refractivity contribution >= 4 is 45.8 Å². The number of benzene rings is 2. The number of hydrogen-bond acceptors (Lipinski definition) is 7. The lowest BCUT2D eigenvalue weighted by Gasteiger charge is -2.13. The summed E-state index contributed by atoms with van der Waals surface area (Å²) in [6, 6.07) is 14.6. The topological polar surface area (TPSA) is 126 Å². The third kappa shape index (κ3) is 4.90. The van der Waals surface area contributed by atoms with Crippen LogP contribution in [-0.4, -0.2) is 41.3 Å². The van der Waals surface area contributed by atoms with Gasteiger partial charge in [-0.1, -0.05) is 53.8 Å². The van der Waals surface area contributed by atoms with Crippen molar-refractivity contribution in [1.29, 1.82) is 0 Å². The number of hydrogen-bond donors (Lipinski definition) is 3. The van der Waals surface area contributed by atoms with Crippen LogP contribution in [-0.2, 0) is 14.3 Å². The molecular formula is C23H20N4O5S. The highest BCUT2D eigenvalue weighted by atomic mass is 32.1. The predicted octanol–water partition coefficient (Wildman–Crippen LogP) is 3.07. The Labute approximate surface area is 193 Å². The number of carbonyl (C=O) groups is 4. The molecule has 2 heterocycles. The minimum absolute atomic E-state index is 0.186. The molecule has 0 spiro atoms. The van der Waals surface area contributed by atoms with Gasteiger partial charge in [0.25, 0.3) is 5.91 Å². The van der Waals surface area contributed by atoms with Gasteiger partial charge in [0.1, 0.15) is 10.9 Å². The molecule has 0 unspecified atom stereocenters. The molecule has 10 heteroatoms. The average molecular weight is 465 g/mol. The Bertz CT molecular complexity index is 1220. The minimum Gasteiger partial charge on any atom is -0.462 e. The van der Waals surface area contributed by atoms with Crippen molar-refractivity contribution in [2.75, 3.05) is 17.2 Å². The lowest BCUT2D eigenvalue weighted by atomic mass is 10.1. The predicted molar refractivity (Wildman–Crippen MR) is 123 cm³/mol. The zero-order valence-electron chi connectivity index (χ0n) is 17.6. The van der Waals surface area contributed by atoms with Crippen molar-refractivity contribution in [3.05, 3.63) is 65.0 Å². The molecule has 0 fully saturated rings. The Balaban J connectivity index is 1.51. The molecule has 3 N–H and O–H groups in total. The first-order chi connectivity index (χ1) is 16.0. The summed E-state index contributed by atoms with van der Waals surface area (Å²) in [5, 5.41) is 8.04. The van der Waals surface area contributed by atoms with Crippen LogP contribution in [0.1, 0.15) is 33.4 Å². The number of para-hydroxylation sites is 1. The summed E-state index contributed by atoms with van der Waals surface area (Å²) in [7, 11) is 0. The highest BCUT2D eigenvalue weighted by molar-refractivity contribution is 7.18. The van der Waals surface area contributed by atoms with Crippen LogP contribution in [0.2, 0.25) is 0 Å². The molecule has 9 nitrogen and oxygen atoms in total. The zero-order valence-corrected chi connectivity index (χ0v) is 18.4. The van der Waals surface area contributed by atoms with Crippen LogP contribution >= 0.6 is 11.3 Å². The first-order valence-electron chi connectivity index (χ1n) is 10.2. The quantitative estimate of drug-likeness (QED) is 0.481. The maximum Gasteiger partial charge on any atom is 0.350 e. The van der Waals surface area contributed by atoms with Gasteiger partial charge in [-0.15, -0.1) is 0 Å². The number of ether oxygens (including phenoxy) is 1. The van der Waals surface area contributed by atoms with Crippen LogP contribution in [0.3, 0.4) is 0 Å². The number of esters is 1. The Morgan fingerprint density at radius 3 is 2.58 bits per heavy atom. The SMILES string of the molecule is CCOC(=O)c1sc(NC(=O)C[C@@H]2NC(=O)c3ccccc3NC2=O)nc1-c1ccccc1. The number of aromatic nitrogens is 1. The Morgan fingerprint density at radius 1 is 1.09 bits per heavy atom. The molecular weight excluding hydrogens is 444 g/mol. The third-order valence-electron chi connectivity index (χ3n) is 4.82. The average Bonchev–Trinajstić information content (AvgIpc) is 3.18. The Hall–Kier alpha value is -4.05. The van der Waals surface area contributed by atoms with Gasteiger partial charge in [0.2, 0.25) is 11.8 Å². The molecule has 1 aliphatic heterocycles. The van der Waals surface area contributed by atoms with Crippen LogP contribution in [0.5, 0.6) is 0 Å². The van der Waals surface area contributed by atoms with Crippen molar-refractivity contribution < 1.29 is 23.9 Å². The van der Waals surface area contributed by atoms with E-state index in [9.17, 15) is 19.2 Å². The van der Waals surface area contributed by atoms with E-state index in [1.807, 2.05) is 18.2 Å². The number of nitrogens with one attached hydrogen (secondary N) is 3. The summed E-state index contributed by atoms with van der Waals surface area (Å²) in [6.45, 7) is 1.90. The summed E-state index contributed by atoms with van der Waals surface area (Å²) in [4.78, 5) is 54.7. The fourth-order valence-electron chi connectivity index (χ4n) is 3.31. The van der Waals surface area contributed by atoms with E-state index >= 15 is 0 Å². The molecule has 2 aromatic carbocycles. The summed E-state index contributed by atoms with van der Waals surface area (Å²) in [5.74, 6) is -2.03. The lowest BCUT2D eigenvalue weighted by molar-refractivity contribution is -0.122. The van der Waals surface area contributed by atoms with E-state index in [1.54, 1.807) is 43.3 Å². The van der Waals surface area contributed by atoms with Gasteiger partial charge < -0.3 is 20.7 Å². The summed E-state index contributed by atoms with van der Waals surface area (Å²) in [5.41, 5.74) is 1.80. The highest BCUT2D eigenvalue weighted by Gasteiger charge is 2.30. The van der Waals surface area contributed by atoms with E-state index in [2.05, 4.69) is 20.9 Å². The second-order valence-electron chi connectivity index (χ2n) is 7.10. The summed E-state index contributed by atoms with van der Waals surface area (Å²) < 4.78 is 5.12. The monoisotopic (exact) mass is 464 g/mol. The number of amides is 3. The van der Waals surface area contributed by atoms with Gasteiger partial charge in [-0.05, 0) is 19.1 Å². The fraction of sp³-hybridized carbons (Fsp3) is 0.174. The number of anilines is 2. The van der Waals surface area contributed by atoms with Crippen LogP contribution in [0.4, 0.5) is 10.8 Å². The van der Waals surface area contributed by atoms with Gasteiger partial charge in [0, 0.05) is 5.56 Å². The number of nitrogens with zero attached hydrogens (tertiary/aromatic N) is 1. The third-order valence-corrected chi connectivity index (χ3v) is 5.77. The van der Waals surface area contributed by atoms with Crippen LogP contribution in [0.15, 0.2) is 54.6 Å². The molecule has 3 amide bonds. The molecule has 1 atom stereocenters. The van der Waals surface area contributed by atoms with Crippen LogP contribution in [0.25, 0.3) is 11.3 Å². The summed E-state index contributed by atoms with van der Waals surface area (Å²) in [6.07, 6.45) is -0.305. The molecule has 0 saturated carbocycles. The fourth-order valence-corrected chi connectivity index (χ4v) is 4.21. The number of carbonyl (C=O) groups excluding carboxylic acids is 4. The molecule has 168 valence electrons. The lowest BCUT2D eigenvalue weighted by Crippen LogP contribution is -2.43. The number of fused-ring (bicyclic) bond motifs is 1. The minimum atomic E-state index is -1.07. The largest absolute Gasteiger partial charge is 0.462 e. The van der Waals surface area contributed by atoms with Gasteiger partial charge in [-0.25, -0.2) is 9.78 Å². The smallest absolute Gasteiger partial charge is 0.350 e. The maximum atomic E-state index is 12.7. The van der Waals surface area contributed by atoms with Gasteiger partial charge >= 0.3 is 5.97 Å². The van der Waals surface area contributed by atoms with Crippen molar-refractivity contribution in [3.63, 3.8) is 0 Å². The zero-order chi connectivity index (χ0) is 23.4. The van der Waals surface area contributed by atoms with Crippen molar-refractivity contribution in [3.8, 4) is 11.3 Å². The van der Waals surface area contributed by atoms with E-state index in [4.69, 9.17) is 4.74 Å². The van der Waals surface area contributed by atoms with E-state index in [0.29, 0.717) is 22.5 Å². The van der Waals surface area contributed by atoms with Crippen LogP contribution < -0.4 is 16.0 Å². The Kier molecular flexibility index (Phi) is 6.45. The second-order valence-corrected chi connectivity index (χ2v) is 8.10. The van der Waals surface area contributed by atoms with Crippen molar-refractivity contribution in [1.82, 2.24) is 10.3 Å². The molecule has 0 saturated heterocycles. The standard InChI is InChI=1S/C23H20N4O5S/c1-2-32-22(31)19-18(13-8-4-3-5-9-13)27-23(33-19)26-17(28)12-16-21(30)24-15-11-7-6-10-14(15)20(29)25-16/h3-11,16H,2,12H2,1H3,(H,24,30)(H,25,29)(H,26,27,28)/t16-/m0/s1. The molecule has 0 radical (unpaired) electrons. The van der Waals surface area contributed by atoms with Crippen LogP contribution in [0, 0.1) is 0 Å².